The molecule has 160 valence electrons. The van der Waals surface area contributed by atoms with E-state index in [1.807, 2.05) is 0 Å². The number of halogens is 1. The summed E-state index contributed by atoms with van der Waals surface area (Å²) in [6.07, 6.45) is 1.78. The van der Waals surface area contributed by atoms with E-state index in [-0.39, 0.29) is 41.4 Å². The van der Waals surface area contributed by atoms with Gasteiger partial charge in [0.25, 0.3) is 11.8 Å². The Morgan fingerprint density at radius 3 is 2.63 bits per heavy atom. The van der Waals surface area contributed by atoms with Crippen LogP contribution in [0.4, 0.5) is 10.1 Å². The molecule has 2 heterocycles. The number of amides is 3. The van der Waals surface area contributed by atoms with E-state index in [4.69, 9.17) is 16.2 Å². The number of hydrogen-bond acceptors (Lipinski definition) is 7. The van der Waals surface area contributed by atoms with Crippen molar-refractivity contribution in [2.45, 2.75) is 25.5 Å². The number of nitrogens with one attached hydrogen (secondary N) is 1. The molecule has 1 aliphatic heterocycles. The number of hydrogen-bond donors (Lipinski definition) is 3. The highest BCUT2D eigenvalue weighted by molar-refractivity contribution is 7.09. The molecule has 0 aliphatic carbocycles. The van der Waals surface area contributed by atoms with E-state index in [0.29, 0.717) is 18.7 Å². The normalized spacial score (nSPS) is 15.7. The SMILES string of the molecule is NC(=O)c1nsc(C(=O)N(CC(=O)NCC2CCCO2)Cc2ccc(F)cc2)c1N. The molecule has 3 rings (SSSR count). The third kappa shape index (κ3) is 5.30. The molecule has 1 aromatic carbocycles. The van der Waals surface area contributed by atoms with Crippen molar-refractivity contribution in [1.82, 2.24) is 14.6 Å². The number of primary amides is 1. The Bertz CT molecular complexity index is 928. The summed E-state index contributed by atoms with van der Waals surface area (Å²) < 4.78 is 22.5. The Morgan fingerprint density at radius 2 is 2.03 bits per heavy atom. The van der Waals surface area contributed by atoms with Gasteiger partial charge in [-0.1, -0.05) is 12.1 Å². The number of benzene rings is 1. The molecule has 1 aliphatic rings. The van der Waals surface area contributed by atoms with Crippen LogP contribution in [0, 0.1) is 5.82 Å². The van der Waals surface area contributed by atoms with Gasteiger partial charge < -0.3 is 26.4 Å². The second-order valence-electron chi connectivity index (χ2n) is 6.87. The average molecular weight is 435 g/mol. The van der Waals surface area contributed by atoms with E-state index in [1.165, 1.54) is 29.2 Å². The number of nitrogens with two attached hydrogens (primary N) is 2. The molecule has 1 unspecified atom stereocenters. The van der Waals surface area contributed by atoms with Crippen molar-refractivity contribution in [3.8, 4) is 0 Å². The fourth-order valence-electron chi connectivity index (χ4n) is 3.04. The van der Waals surface area contributed by atoms with Crippen LogP contribution in [-0.4, -0.2) is 52.8 Å². The molecule has 0 bridgehead atoms. The lowest BCUT2D eigenvalue weighted by molar-refractivity contribution is -0.122. The molecule has 0 saturated carbocycles. The fourth-order valence-corrected chi connectivity index (χ4v) is 3.82. The van der Waals surface area contributed by atoms with Crippen molar-refractivity contribution in [3.05, 3.63) is 46.2 Å². The number of rotatable bonds is 8. The molecule has 30 heavy (non-hydrogen) atoms. The van der Waals surface area contributed by atoms with Gasteiger partial charge in [0, 0.05) is 19.7 Å². The second kappa shape index (κ2) is 9.63. The first-order valence-electron chi connectivity index (χ1n) is 9.32. The monoisotopic (exact) mass is 435 g/mol. The van der Waals surface area contributed by atoms with Crippen molar-refractivity contribution in [2.75, 3.05) is 25.4 Å². The molecule has 5 N–H and O–H groups in total. The van der Waals surface area contributed by atoms with Gasteiger partial charge in [-0.25, -0.2) is 4.39 Å². The van der Waals surface area contributed by atoms with E-state index in [1.54, 1.807) is 0 Å². The van der Waals surface area contributed by atoms with Crippen molar-refractivity contribution in [3.63, 3.8) is 0 Å². The smallest absolute Gasteiger partial charge is 0.270 e. The Kier molecular flexibility index (Phi) is 6.95. The number of aromatic nitrogens is 1. The van der Waals surface area contributed by atoms with Crippen LogP contribution in [-0.2, 0) is 16.1 Å². The number of carbonyl (C=O) groups is 3. The van der Waals surface area contributed by atoms with Gasteiger partial charge in [0.1, 0.15) is 17.2 Å². The van der Waals surface area contributed by atoms with E-state index in [2.05, 4.69) is 9.69 Å². The first-order valence-corrected chi connectivity index (χ1v) is 10.1. The molecule has 1 aromatic heterocycles. The summed E-state index contributed by atoms with van der Waals surface area (Å²) in [7, 11) is 0. The summed E-state index contributed by atoms with van der Waals surface area (Å²) in [4.78, 5) is 38.2. The topological polar surface area (TPSA) is 141 Å². The minimum Gasteiger partial charge on any atom is -0.395 e. The van der Waals surface area contributed by atoms with Gasteiger partial charge in [-0.3, -0.25) is 14.4 Å². The predicted molar refractivity (Wildman–Crippen MR) is 108 cm³/mol. The molecule has 2 aromatic rings. The molecule has 1 fully saturated rings. The van der Waals surface area contributed by atoms with Gasteiger partial charge in [-0.15, -0.1) is 0 Å². The van der Waals surface area contributed by atoms with Crippen LogP contribution in [0.2, 0.25) is 0 Å². The lowest BCUT2D eigenvalue weighted by Crippen LogP contribution is -2.42. The Balaban J connectivity index is 1.75. The van der Waals surface area contributed by atoms with Crippen molar-refractivity contribution < 1.29 is 23.5 Å². The Labute approximate surface area is 176 Å². The third-order valence-electron chi connectivity index (χ3n) is 4.61. The van der Waals surface area contributed by atoms with E-state index in [9.17, 15) is 18.8 Å². The number of anilines is 1. The largest absolute Gasteiger partial charge is 0.395 e. The number of nitrogen functional groups attached to an aromatic ring is 1. The molecular weight excluding hydrogens is 413 g/mol. The second-order valence-corrected chi connectivity index (χ2v) is 7.64. The highest BCUT2D eigenvalue weighted by Gasteiger charge is 2.27. The molecule has 1 atom stereocenters. The maximum Gasteiger partial charge on any atom is 0.270 e. The summed E-state index contributed by atoms with van der Waals surface area (Å²) in [5, 5.41) is 2.76. The van der Waals surface area contributed by atoms with Gasteiger partial charge in [0.05, 0.1) is 11.8 Å². The number of nitrogens with zero attached hydrogens (tertiary/aromatic N) is 2. The Hall–Kier alpha value is -3.05. The molecule has 0 radical (unpaired) electrons. The van der Waals surface area contributed by atoms with Crippen LogP contribution < -0.4 is 16.8 Å². The zero-order valence-electron chi connectivity index (χ0n) is 16.1. The molecule has 0 spiro atoms. The van der Waals surface area contributed by atoms with Crippen molar-refractivity contribution in [1.29, 1.82) is 0 Å². The summed E-state index contributed by atoms with van der Waals surface area (Å²) >= 11 is 0.736. The predicted octanol–water partition coefficient (Wildman–Crippen LogP) is 0.901. The first kappa shape index (κ1) is 21.7. The van der Waals surface area contributed by atoms with Crippen LogP contribution in [0.3, 0.4) is 0 Å². The van der Waals surface area contributed by atoms with Gasteiger partial charge in [0.2, 0.25) is 5.91 Å². The van der Waals surface area contributed by atoms with Gasteiger partial charge in [0.15, 0.2) is 5.69 Å². The first-order chi connectivity index (χ1) is 14.3. The number of carbonyl (C=O) groups excluding carboxylic acids is 3. The van der Waals surface area contributed by atoms with Gasteiger partial charge in [-0.05, 0) is 42.1 Å². The van der Waals surface area contributed by atoms with Crippen molar-refractivity contribution in [2.24, 2.45) is 5.73 Å². The zero-order valence-corrected chi connectivity index (χ0v) is 16.9. The van der Waals surface area contributed by atoms with Crippen LogP contribution >= 0.6 is 11.5 Å². The molecule has 11 heteroatoms. The standard InChI is InChI=1S/C19H22FN5O4S/c20-12-5-3-11(4-6-12)9-25(10-14(26)23-8-13-2-1-7-29-13)19(28)17-15(21)16(18(22)27)24-30-17/h3-6,13H,1-2,7-10,21H2,(H2,22,27)(H,23,26). The minimum atomic E-state index is -0.845. The van der Waals surface area contributed by atoms with E-state index in [0.717, 1.165) is 24.4 Å². The summed E-state index contributed by atoms with van der Waals surface area (Å²) in [6, 6.07) is 5.57. The van der Waals surface area contributed by atoms with Crippen LogP contribution in [0.25, 0.3) is 0 Å². The van der Waals surface area contributed by atoms with E-state index < -0.39 is 17.6 Å². The van der Waals surface area contributed by atoms with E-state index >= 15 is 0 Å². The number of ether oxygens (including phenoxy) is 1. The summed E-state index contributed by atoms with van der Waals surface area (Å²) in [5.41, 5.74) is 11.4. The van der Waals surface area contributed by atoms with Gasteiger partial charge >= 0.3 is 0 Å². The maximum absolute atomic E-state index is 13.2. The zero-order chi connectivity index (χ0) is 21.7. The van der Waals surface area contributed by atoms with Crippen LogP contribution in [0.5, 0.6) is 0 Å². The van der Waals surface area contributed by atoms with Crippen LogP contribution in [0.15, 0.2) is 24.3 Å². The molecular formula is C19H22FN5O4S. The molecule has 3 amide bonds. The maximum atomic E-state index is 13.2. The quantitative estimate of drug-likeness (QED) is 0.563. The summed E-state index contributed by atoms with van der Waals surface area (Å²) in [5.74, 6) is -2.21. The van der Waals surface area contributed by atoms with Crippen LogP contribution in [0.1, 0.15) is 38.6 Å². The van der Waals surface area contributed by atoms with Crippen molar-refractivity contribution >= 4 is 34.9 Å². The lowest BCUT2D eigenvalue weighted by atomic mass is 10.2. The molecule has 9 nitrogen and oxygen atoms in total. The third-order valence-corrected chi connectivity index (χ3v) is 5.47. The Morgan fingerprint density at radius 1 is 1.30 bits per heavy atom. The summed E-state index contributed by atoms with van der Waals surface area (Å²) in [6.45, 7) is 0.802. The van der Waals surface area contributed by atoms with Gasteiger partial charge in [-0.2, -0.15) is 4.37 Å². The minimum absolute atomic E-state index is 0.0119. The molecule has 1 saturated heterocycles. The fraction of sp³-hybridized carbons (Fsp3) is 0.368. The highest BCUT2D eigenvalue weighted by Crippen LogP contribution is 2.24. The lowest BCUT2D eigenvalue weighted by Gasteiger charge is -2.22. The highest BCUT2D eigenvalue weighted by atomic mass is 32.1. The average Bonchev–Trinajstić information content (AvgIpc) is 3.36.